The van der Waals surface area contributed by atoms with E-state index in [1.54, 1.807) is 22.7 Å². The molecule has 3 rings (SSSR count). The molecule has 0 amide bonds. The molecule has 2 aromatic rings. The Morgan fingerprint density at radius 3 is 2.54 bits per heavy atom. The number of anilines is 1. The molecule has 2 N–H and O–H groups in total. The zero-order chi connectivity index (χ0) is 17.5. The van der Waals surface area contributed by atoms with E-state index >= 15 is 0 Å². The Bertz CT molecular complexity index is 828. The number of halogens is 3. The monoisotopic (exact) mass is 374 g/mol. The van der Waals surface area contributed by atoms with E-state index in [9.17, 15) is 13.2 Å². The predicted octanol–water partition coefficient (Wildman–Crippen LogP) is 2.52. The highest BCUT2D eigenvalue weighted by molar-refractivity contribution is 7.80. The van der Waals surface area contributed by atoms with Crippen LogP contribution >= 0.6 is 24.4 Å². The van der Waals surface area contributed by atoms with Crippen molar-refractivity contribution in [3.63, 3.8) is 0 Å². The Hall–Kier alpha value is -2.14. The first-order valence-corrected chi connectivity index (χ1v) is 7.71. The second-order valence-electron chi connectivity index (χ2n) is 5.12. The van der Waals surface area contributed by atoms with Gasteiger partial charge in [-0.1, -0.05) is 12.1 Å². The second-order valence-corrected chi connectivity index (χ2v) is 5.89. The third-order valence-corrected chi connectivity index (χ3v) is 4.19. The van der Waals surface area contributed by atoms with Gasteiger partial charge in [0.15, 0.2) is 5.11 Å². The van der Waals surface area contributed by atoms with Gasteiger partial charge in [-0.05, 0) is 43.5 Å². The minimum Gasteiger partial charge on any atom is -0.343 e. The molecule has 1 aliphatic rings. The summed E-state index contributed by atoms with van der Waals surface area (Å²) in [4.78, 5) is 1.38. The van der Waals surface area contributed by atoms with Crippen LogP contribution in [0.2, 0.25) is 0 Å². The summed E-state index contributed by atoms with van der Waals surface area (Å²) in [6, 6.07) is 5.31. The highest BCUT2D eigenvalue weighted by atomic mass is 32.1. The lowest BCUT2D eigenvalue weighted by Gasteiger charge is -2.40. The molecule has 0 saturated carbocycles. The van der Waals surface area contributed by atoms with Crippen molar-refractivity contribution in [3.8, 4) is 0 Å². The molecule has 1 aromatic heterocycles. The molecule has 1 aromatic carbocycles. The number of H-pyrrole nitrogens is 1. The average molecular weight is 374 g/mol. The van der Waals surface area contributed by atoms with Crippen molar-refractivity contribution >= 4 is 35.2 Å². The summed E-state index contributed by atoms with van der Waals surface area (Å²) < 4.78 is 41.8. The maximum Gasteiger partial charge on any atom is 0.418 e. The van der Waals surface area contributed by atoms with E-state index in [1.807, 2.05) is 0 Å². The van der Waals surface area contributed by atoms with E-state index in [4.69, 9.17) is 24.4 Å². The second kappa shape index (κ2) is 6.06. The summed E-state index contributed by atoms with van der Waals surface area (Å²) in [6.45, 7) is 2.15. The molecule has 24 heavy (non-hydrogen) atoms. The molecule has 0 radical (unpaired) electrons. The number of benzene rings is 1. The Kier molecular flexibility index (Phi) is 4.22. The zero-order valence-electron chi connectivity index (χ0n) is 12.5. The van der Waals surface area contributed by atoms with Crippen LogP contribution in [0.15, 0.2) is 24.3 Å². The fraction of sp³-hybridized carbons (Fsp3) is 0.308. The van der Waals surface area contributed by atoms with Gasteiger partial charge in [0, 0.05) is 0 Å². The molecule has 2 heterocycles. The van der Waals surface area contributed by atoms with Crippen molar-refractivity contribution < 1.29 is 13.2 Å². The van der Waals surface area contributed by atoms with Crippen LogP contribution in [0.1, 0.15) is 11.4 Å². The molecule has 6 nitrogen and oxygen atoms in total. The number of aromatic amines is 1. The van der Waals surface area contributed by atoms with Gasteiger partial charge >= 0.3 is 6.18 Å². The number of nitrogens with zero attached hydrogens (tertiary/aromatic N) is 4. The summed E-state index contributed by atoms with van der Waals surface area (Å²) in [5, 5.41) is 11.5. The number of aryl methyl sites for hydroxylation is 1. The van der Waals surface area contributed by atoms with Gasteiger partial charge in [-0.15, -0.1) is 0 Å². The summed E-state index contributed by atoms with van der Waals surface area (Å²) in [6.07, 6.45) is -4.48. The largest absolute Gasteiger partial charge is 0.418 e. The molecule has 128 valence electrons. The van der Waals surface area contributed by atoms with Crippen molar-refractivity contribution in [2.45, 2.75) is 13.1 Å². The van der Waals surface area contributed by atoms with E-state index in [-0.39, 0.29) is 17.5 Å². The van der Waals surface area contributed by atoms with Gasteiger partial charge in [0.2, 0.25) is 4.77 Å². The smallest absolute Gasteiger partial charge is 0.343 e. The van der Waals surface area contributed by atoms with Crippen molar-refractivity contribution in [1.29, 1.82) is 0 Å². The minimum absolute atomic E-state index is 0.0140. The normalized spacial score (nSPS) is 15.6. The van der Waals surface area contributed by atoms with Crippen LogP contribution < -0.4 is 15.2 Å². The molecular formula is C13H13F3N6S2. The third kappa shape index (κ3) is 2.96. The first-order valence-electron chi connectivity index (χ1n) is 6.90. The van der Waals surface area contributed by atoms with Gasteiger partial charge in [-0.3, -0.25) is 15.0 Å². The SMILES string of the molecule is Cc1n[nH]c(=S)n1N1CNC(=S)N(c2ccccc2C(F)(F)F)C1. The van der Waals surface area contributed by atoms with Gasteiger partial charge in [0.05, 0.1) is 11.3 Å². The van der Waals surface area contributed by atoms with Crippen LogP contribution in [0.3, 0.4) is 0 Å². The van der Waals surface area contributed by atoms with Gasteiger partial charge in [0.1, 0.15) is 19.2 Å². The molecule has 1 saturated heterocycles. The number of hydrogen-bond acceptors (Lipinski definition) is 4. The standard InChI is InChI=1S/C13H13F3N6S2/c1-8-18-19-12(24)22(8)20-6-17-11(23)21(7-20)10-5-3-2-4-9(10)13(14,15)16/h2-5H,6-7H2,1H3,(H,17,23)(H,19,24). The first kappa shape index (κ1) is 16.7. The highest BCUT2D eigenvalue weighted by Gasteiger charge is 2.36. The molecule has 0 atom stereocenters. The summed E-state index contributed by atoms with van der Waals surface area (Å²) >= 11 is 10.4. The lowest BCUT2D eigenvalue weighted by Crippen LogP contribution is -2.60. The number of rotatable bonds is 2. The zero-order valence-corrected chi connectivity index (χ0v) is 14.1. The summed E-state index contributed by atoms with van der Waals surface area (Å²) in [7, 11) is 0. The summed E-state index contributed by atoms with van der Waals surface area (Å²) in [5.41, 5.74) is -0.761. The Balaban J connectivity index is 1.99. The third-order valence-electron chi connectivity index (χ3n) is 3.56. The Morgan fingerprint density at radius 1 is 1.21 bits per heavy atom. The van der Waals surface area contributed by atoms with Gasteiger partial charge < -0.3 is 5.32 Å². The number of alkyl halides is 3. The molecule has 0 bridgehead atoms. The molecular weight excluding hydrogens is 361 g/mol. The van der Waals surface area contributed by atoms with E-state index < -0.39 is 11.7 Å². The maximum atomic E-state index is 13.3. The average Bonchev–Trinajstić information content (AvgIpc) is 2.86. The van der Waals surface area contributed by atoms with Crippen molar-refractivity contribution in [3.05, 3.63) is 40.4 Å². The highest BCUT2D eigenvalue weighted by Crippen LogP contribution is 2.36. The Labute approximate surface area is 145 Å². The van der Waals surface area contributed by atoms with Crippen LogP contribution in [0.25, 0.3) is 0 Å². The molecule has 0 aliphatic carbocycles. The van der Waals surface area contributed by atoms with Crippen LogP contribution in [-0.2, 0) is 6.18 Å². The van der Waals surface area contributed by atoms with Crippen LogP contribution in [0, 0.1) is 11.7 Å². The number of para-hydroxylation sites is 1. The van der Waals surface area contributed by atoms with Crippen molar-refractivity contribution in [2.24, 2.45) is 0 Å². The molecule has 11 heteroatoms. The maximum absolute atomic E-state index is 13.3. The van der Waals surface area contributed by atoms with Crippen LogP contribution in [0.5, 0.6) is 0 Å². The molecule has 1 aliphatic heterocycles. The van der Waals surface area contributed by atoms with Crippen LogP contribution in [-0.4, -0.2) is 33.3 Å². The number of nitrogens with one attached hydrogen (secondary N) is 2. The predicted molar refractivity (Wildman–Crippen MR) is 89.8 cm³/mol. The van der Waals surface area contributed by atoms with Crippen LogP contribution in [0.4, 0.5) is 18.9 Å². The van der Waals surface area contributed by atoms with Crippen molar-refractivity contribution in [2.75, 3.05) is 23.2 Å². The first-order chi connectivity index (χ1) is 11.3. The number of thiocarbonyl (C=S) groups is 1. The molecule has 1 fully saturated rings. The van der Waals surface area contributed by atoms with Crippen molar-refractivity contribution in [1.82, 2.24) is 20.2 Å². The van der Waals surface area contributed by atoms with Gasteiger partial charge in [-0.2, -0.15) is 18.3 Å². The van der Waals surface area contributed by atoms with Gasteiger partial charge in [0.25, 0.3) is 0 Å². The lowest BCUT2D eigenvalue weighted by atomic mass is 10.1. The Morgan fingerprint density at radius 2 is 1.92 bits per heavy atom. The molecule has 0 spiro atoms. The fourth-order valence-electron chi connectivity index (χ4n) is 2.50. The van der Waals surface area contributed by atoms with Gasteiger partial charge in [-0.25, -0.2) is 4.68 Å². The van der Waals surface area contributed by atoms with E-state index in [0.29, 0.717) is 17.3 Å². The van der Waals surface area contributed by atoms with E-state index in [2.05, 4.69) is 15.5 Å². The summed E-state index contributed by atoms with van der Waals surface area (Å²) in [5.74, 6) is 0.596. The van der Waals surface area contributed by atoms with E-state index in [1.165, 1.54) is 17.0 Å². The minimum atomic E-state index is -4.48. The molecule has 0 unspecified atom stereocenters. The van der Waals surface area contributed by atoms with E-state index in [0.717, 1.165) is 6.07 Å². The fourth-order valence-corrected chi connectivity index (χ4v) is 3.02. The quantitative estimate of drug-likeness (QED) is 0.788. The topological polar surface area (TPSA) is 52.1 Å². The number of hydrogen-bond donors (Lipinski definition) is 2. The number of aromatic nitrogens is 3. The lowest BCUT2D eigenvalue weighted by molar-refractivity contribution is -0.137.